The lowest BCUT2D eigenvalue weighted by atomic mass is 10.1. The van der Waals surface area contributed by atoms with Gasteiger partial charge in [0.15, 0.2) is 0 Å². The van der Waals surface area contributed by atoms with E-state index in [1.165, 1.54) is 0 Å². The van der Waals surface area contributed by atoms with Crippen molar-refractivity contribution < 1.29 is 10.2 Å². The Bertz CT molecular complexity index is 80.5. The number of aliphatic hydroxyl groups is 2. The first-order chi connectivity index (χ1) is 5.20. The molecule has 2 N–H and O–H groups in total. The van der Waals surface area contributed by atoms with Crippen LogP contribution in [0.5, 0.6) is 0 Å². The van der Waals surface area contributed by atoms with Crippen LogP contribution in [-0.4, -0.2) is 34.2 Å². The topological polar surface area (TPSA) is 40.5 Å². The van der Waals surface area contributed by atoms with Crippen LogP contribution in [0.2, 0.25) is 0 Å². The van der Waals surface area contributed by atoms with E-state index >= 15 is 0 Å². The minimum absolute atomic E-state index is 0.00757. The van der Waals surface area contributed by atoms with E-state index in [1.807, 2.05) is 0 Å². The van der Waals surface area contributed by atoms with E-state index < -0.39 is 0 Å². The molecule has 0 amide bonds. The summed E-state index contributed by atoms with van der Waals surface area (Å²) in [6, 6.07) is 0. The largest absolute Gasteiger partial charge is 0.395 e. The number of aliphatic hydroxyl groups excluding tert-OH is 2. The quantitative estimate of drug-likeness (QED) is 0.637. The third-order valence-electron chi connectivity index (χ3n) is 1.43. The predicted octanol–water partition coefficient (Wildman–Crippen LogP) is 1.36. The molecular formula is C7H14Cl2O2. The molecule has 0 bridgehead atoms. The summed E-state index contributed by atoms with van der Waals surface area (Å²) in [6.07, 6.45) is 2.35. The molecular weight excluding hydrogens is 187 g/mol. The number of halogens is 2. The van der Waals surface area contributed by atoms with Crippen molar-refractivity contribution in [2.45, 2.75) is 30.0 Å². The van der Waals surface area contributed by atoms with Gasteiger partial charge in [0.2, 0.25) is 0 Å². The number of rotatable bonds is 6. The fourth-order valence-corrected chi connectivity index (χ4v) is 1.05. The van der Waals surface area contributed by atoms with Gasteiger partial charge < -0.3 is 10.2 Å². The standard InChI is InChI=1S/C7H14Cl2O2/c8-6(4-10)2-1-3-7(9)5-11/h6-7,10-11H,1-5H2/t6-,7-/m0/s1. The highest BCUT2D eigenvalue weighted by Crippen LogP contribution is 2.11. The monoisotopic (exact) mass is 200 g/mol. The lowest BCUT2D eigenvalue weighted by Crippen LogP contribution is -2.08. The Morgan fingerprint density at radius 2 is 1.27 bits per heavy atom. The van der Waals surface area contributed by atoms with Crippen molar-refractivity contribution in [1.29, 1.82) is 0 Å². The van der Waals surface area contributed by atoms with Crippen LogP contribution >= 0.6 is 23.2 Å². The van der Waals surface area contributed by atoms with Crippen molar-refractivity contribution in [3.8, 4) is 0 Å². The average Bonchev–Trinajstić information content (AvgIpc) is 2.04. The third-order valence-corrected chi connectivity index (χ3v) is 2.14. The lowest BCUT2D eigenvalue weighted by molar-refractivity contribution is 0.276. The molecule has 0 aromatic carbocycles. The summed E-state index contributed by atoms with van der Waals surface area (Å²) in [5, 5.41) is 16.7. The van der Waals surface area contributed by atoms with Crippen molar-refractivity contribution in [1.82, 2.24) is 0 Å². The summed E-state index contributed by atoms with van der Waals surface area (Å²) in [5.74, 6) is 0. The molecule has 0 spiro atoms. The minimum Gasteiger partial charge on any atom is -0.395 e. The van der Waals surface area contributed by atoms with Gasteiger partial charge in [-0.15, -0.1) is 23.2 Å². The molecule has 68 valence electrons. The van der Waals surface area contributed by atoms with Gasteiger partial charge in [0.1, 0.15) is 0 Å². The maximum Gasteiger partial charge on any atom is 0.0595 e. The van der Waals surface area contributed by atoms with Gasteiger partial charge in [-0.1, -0.05) is 6.42 Å². The van der Waals surface area contributed by atoms with Crippen molar-refractivity contribution in [3.63, 3.8) is 0 Å². The molecule has 0 saturated carbocycles. The maximum atomic E-state index is 8.54. The van der Waals surface area contributed by atoms with E-state index in [9.17, 15) is 0 Å². The van der Waals surface area contributed by atoms with Crippen LogP contribution < -0.4 is 0 Å². The molecule has 2 nitrogen and oxygen atoms in total. The third kappa shape index (κ3) is 6.88. The van der Waals surface area contributed by atoms with E-state index in [0.717, 1.165) is 19.3 Å². The van der Waals surface area contributed by atoms with E-state index in [2.05, 4.69) is 0 Å². The second kappa shape index (κ2) is 7.17. The smallest absolute Gasteiger partial charge is 0.0595 e. The fraction of sp³-hybridized carbons (Fsp3) is 1.00. The number of alkyl halides is 2. The summed E-state index contributed by atoms with van der Waals surface area (Å²) in [7, 11) is 0. The Morgan fingerprint density at radius 3 is 1.55 bits per heavy atom. The summed E-state index contributed by atoms with van der Waals surface area (Å²) < 4.78 is 0. The second-order valence-corrected chi connectivity index (χ2v) is 3.73. The highest BCUT2D eigenvalue weighted by atomic mass is 35.5. The Labute approximate surface area is 77.1 Å². The SMILES string of the molecule is OC[C@@H](Cl)CCC[C@H](Cl)CO. The number of hydrogen-bond acceptors (Lipinski definition) is 2. The highest BCUT2D eigenvalue weighted by Gasteiger charge is 2.05. The lowest BCUT2D eigenvalue weighted by Gasteiger charge is -2.07. The Morgan fingerprint density at radius 1 is 0.909 bits per heavy atom. The normalized spacial score (nSPS) is 16.4. The van der Waals surface area contributed by atoms with Gasteiger partial charge >= 0.3 is 0 Å². The molecule has 0 aliphatic heterocycles. The molecule has 0 rings (SSSR count). The zero-order valence-corrected chi connectivity index (χ0v) is 7.85. The van der Waals surface area contributed by atoms with Gasteiger partial charge in [0.05, 0.1) is 24.0 Å². The number of hydrogen-bond donors (Lipinski definition) is 2. The van der Waals surface area contributed by atoms with Gasteiger partial charge in [-0.3, -0.25) is 0 Å². The zero-order valence-electron chi connectivity index (χ0n) is 6.34. The summed E-state index contributed by atoms with van der Waals surface area (Å²) in [4.78, 5) is 0. The van der Waals surface area contributed by atoms with Gasteiger partial charge in [-0.05, 0) is 12.8 Å². The molecule has 0 heterocycles. The second-order valence-electron chi connectivity index (χ2n) is 2.49. The molecule has 0 aliphatic rings. The van der Waals surface area contributed by atoms with Gasteiger partial charge in [-0.25, -0.2) is 0 Å². The van der Waals surface area contributed by atoms with Crippen LogP contribution in [0.4, 0.5) is 0 Å². The Hall–Kier alpha value is 0.500. The molecule has 0 aliphatic carbocycles. The molecule has 11 heavy (non-hydrogen) atoms. The molecule has 0 unspecified atom stereocenters. The Kier molecular flexibility index (Phi) is 7.49. The van der Waals surface area contributed by atoms with Crippen LogP contribution in [0.1, 0.15) is 19.3 Å². The molecule has 2 atom stereocenters. The van der Waals surface area contributed by atoms with E-state index in [0.29, 0.717) is 0 Å². The first-order valence-electron chi connectivity index (χ1n) is 3.70. The van der Waals surface area contributed by atoms with Crippen molar-refractivity contribution in [3.05, 3.63) is 0 Å². The van der Waals surface area contributed by atoms with E-state index in [-0.39, 0.29) is 24.0 Å². The maximum absolute atomic E-state index is 8.54. The first kappa shape index (κ1) is 11.5. The fourth-order valence-electron chi connectivity index (χ4n) is 0.743. The van der Waals surface area contributed by atoms with Crippen LogP contribution in [0.25, 0.3) is 0 Å². The summed E-state index contributed by atoms with van der Waals surface area (Å²) in [6.45, 7) is 0.0151. The minimum atomic E-state index is -0.169. The van der Waals surface area contributed by atoms with Crippen LogP contribution in [-0.2, 0) is 0 Å². The van der Waals surface area contributed by atoms with E-state index in [4.69, 9.17) is 33.4 Å². The van der Waals surface area contributed by atoms with Crippen molar-refractivity contribution >= 4 is 23.2 Å². The highest BCUT2D eigenvalue weighted by molar-refractivity contribution is 6.21. The van der Waals surface area contributed by atoms with Gasteiger partial charge in [0.25, 0.3) is 0 Å². The van der Waals surface area contributed by atoms with E-state index in [1.54, 1.807) is 0 Å². The summed E-state index contributed by atoms with van der Waals surface area (Å²) >= 11 is 11.3. The molecule has 4 heteroatoms. The molecule has 0 radical (unpaired) electrons. The first-order valence-corrected chi connectivity index (χ1v) is 4.57. The van der Waals surface area contributed by atoms with Crippen molar-refractivity contribution in [2.75, 3.05) is 13.2 Å². The summed E-state index contributed by atoms with van der Waals surface area (Å²) in [5.41, 5.74) is 0. The van der Waals surface area contributed by atoms with Crippen LogP contribution in [0, 0.1) is 0 Å². The van der Waals surface area contributed by atoms with Crippen LogP contribution in [0.15, 0.2) is 0 Å². The predicted molar refractivity (Wildman–Crippen MR) is 47.3 cm³/mol. The van der Waals surface area contributed by atoms with Crippen molar-refractivity contribution in [2.24, 2.45) is 0 Å². The van der Waals surface area contributed by atoms with Gasteiger partial charge in [-0.2, -0.15) is 0 Å². The Balaban J connectivity index is 3.13. The van der Waals surface area contributed by atoms with Crippen LogP contribution in [0.3, 0.4) is 0 Å². The molecule has 0 saturated heterocycles. The van der Waals surface area contributed by atoms with Gasteiger partial charge in [0, 0.05) is 0 Å². The molecule has 0 fully saturated rings. The molecule has 0 aromatic heterocycles. The molecule has 0 aromatic rings. The zero-order chi connectivity index (χ0) is 8.69. The average molecular weight is 201 g/mol.